The van der Waals surface area contributed by atoms with E-state index in [1.165, 1.54) is 7.11 Å². The van der Waals surface area contributed by atoms with Crippen molar-refractivity contribution in [1.82, 2.24) is 5.32 Å². The molecule has 1 amide bonds. The number of benzene rings is 1. The highest BCUT2D eigenvalue weighted by Crippen LogP contribution is 2.24. The van der Waals surface area contributed by atoms with E-state index in [-0.39, 0.29) is 23.4 Å². The van der Waals surface area contributed by atoms with E-state index in [4.69, 9.17) is 47.4 Å². The minimum Gasteiger partial charge on any atom is -0.493 e. The topological polar surface area (TPSA) is 182 Å². The SMILES string of the molecule is CCCOCCOCCOCCOCCC(=O)CCCCOc1cc(OCCCCC(=O)CCOCCOCCOCCOCCC)cc(C(=O)NCCCCCC(=O)OC)c1. The molecule has 0 unspecified atom stereocenters. The van der Waals surface area contributed by atoms with Crippen LogP contribution in [0.25, 0.3) is 0 Å². The molecule has 1 rings (SSSR count). The predicted octanol–water partition coefficient (Wildman–Crippen LogP) is 6.12. The molecule has 0 saturated heterocycles. The first-order valence-electron chi connectivity index (χ1n) is 22.8. The highest BCUT2D eigenvalue weighted by atomic mass is 16.6. The van der Waals surface area contributed by atoms with Gasteiger partial charge in [0, 0.05) is 63.5 Å². The number of nitrogens with one attached hydrogen (secondary N) is 1. The average molecular weight is 886 g/mol. The molecule has 0 atom stereocenters. The van der Waals surface area contributed by atoms with Crippen molar-refractivity contribution in [2.24, 2.45) is 0 Å². The summed E-state index contributed by atoms with van der Waals surface area (Å²) in [5, 5.41) is 2.93. The molecular weight excluding hydrogens is 806 g/mol. The molecule has 0 heterocycles. The van der Waals surface area contributed by atoms with Crippen molar-refractivity contribution in [3.05, 3.63) is 23.8 Å². The van der Waals surface area contributed by atoms with Crippen LogP contribution in [0.15, 0.2) is 18.2 Å². The van der Waals surface area contributed by atoms with Crippen LogP contribution in [0.4, 0.5) is 0 Å². The molecule has 0 radical (unpaired) electrons. The van der Waals surface area contributed by atoms with Crippen LogP contribution in [-0.2, 0) is 57.0 Å². The van der Waals surface area contributed by atoms with Crippen LogP contribution in [0.5, 0.6) is 11.5 Å². The van der Waals surface area contributed by atoms with Gasteiger partial charge in [0.05, 0.1) is 113 Å². The lowest BCUT2D eigenvalue weighted by Gasteiger charge is -2.13. The van der Waals surface area contributed by atoms with Crippen LogP contribution >= 0.6 is 0 Å². The fourth-order valence-electron chi connectivity index (χ4n) is 5.51. The molecule has 1 aromatic carbocycles. The van der Waals surface area contributed by atoms with Crippen molar-refractivity contribution < 1.29 is 71.3 Å². The first-order chi connectivity index (χ1) is 30.4. The van der Waals surface area contributed by atoms with E-state index in [0.717, 1.165) is 38.9 Å². The molecule has 62 heavy (non-hydrogen) atoms. The zero-order valence-corrected chi connectivity index (χ0v) is 38.2. The number of esters is 1. The Morgan fingerprint density at radius 2 is 0.806 bits per heavy atom. The van der Waals surface area contributed by atoms with Gasteiger partial charge in [-0.05, 0) is 63.5 Å². The quantitative estimate of drug-likeness (QED) is 0.0584. The number of methoxy groups -OCH3 is 1. The van der Waals surface area contributed by atoms with Gasteiger partial charge in [-0.3, -0.25) is 19.2 Å². The third-order valence-corrected chi connectivity index (χ3v) is 8.93. The largest absolute Gasteiger partial charge is 0.493 e. The fourth-order valence-corrected chi connectivity index (χ4v) is 5.51. The summed E-state index contributed by atoms with van der Waals surface area (Å²) >= 11 is 0. The monoisotopic (exact) mass is 886 g/mol. The average Bonchev–Trinajstić information content (AvgIpc) is 3.27. The third-order valence-electron chi connectivity index (χ3n) is 8.93. The second-order valence-corrected chi connectivity index (χ2v) is 14.4. The van der Waals surface area contributed by atoms with Crippen LogP contribution in [0.1, 0.15) is 114 Å². The maximum absolute atomic E-state index is 13.1. The van der Waals surface area contributed by atoms with E-state index in [2.05, 4.69) is 23.9 Å². The summed E-state index contributed by atoms with van der Waals surface area (Å²) < 4.78 is 60.3. The Hall–Kier alpha value is -3.22. The highest BCUT2D eigenvalue weighted by molar-refractivity contribution is 5.95. The van der Waals surface area contributed by atoms with Gasteiger partial charge in [-0.25, -0.2) is 0 Å². The minimum absolute atomic E-state index is 0.127. The summed E-state index contributed by atoms with van der Waals surface area (Å²) in [6, 6.07) is 5.10. The minimum atomic E-state index is -0.262. The fraction of sp³-hybridized carbons (Fsp3) is 0.783. The molecule has 1 N–H and O–H groups in total. The molecule has 1 aromatic rings. The Labute approximate surface area is 370 Å². The molecule has 0 aliphatic rings. The number of Topliss-reactive ketones (excluding diaryl/α,β-unsaturated/α-hetero) is 2. The summed E-state index contributed by atoms with van der Waals surface area (Å²) in [6.45, 7) is 13.5. The Balaban J connectivity index is 2.36. The predicted molar refractivity (Wildman–Crippen MR) is 234 cm³/mol. The molecule has 0 aliphatic carbocycles. The van der Waals surface area contributed by atoms with E-state index >= 15 is 0 Å². The van der Waals surface area contributed by atoms with Crippen molar-refractivity contribution in [1.29, 1.82) is 0 Å². The standard InChI is InChI=1S/C46H79NO15/c1-4-19-53-25-29-57-33-35-59-31-27-55-23-16-41(48)13-8-11-21-61-43-37-40(46(51)47-18-10-6-7-15-45(50)52-3)38-44(39-43)62-22-12-9-14-42(49)17-24-56-28-32-60-36-34-58-30-26-54-20-5-2/h37-39H,4-36H2,1-3H3,(H,47,51). The number of unbranched alkanes of at least 4 members (excludes halogenated alkanes) is 4. The van der Waals surface area contributed by atoms with Gasteiger partial charge in [-0.2, -0.15) is 0 Å². The summed E-state index contributed by atoms with van der Waals surface area (Å²) in [6.07, 6.45) is 8.70. The smallest absolute Gasteiger partial charge is 0.305 e. The van der Waals surface area contributed by atoms with Gasteiger partial charge in [-0.15, -0.1) is 0 Å². The van der Waals surface area contributed by atoms with Crippen LogP contribution in [0, 0.1) is 0 Å². The lowest BCUT2D eigenvalue weighted by Crippen LogP contribution is -2.24. The number of rotatable bonds is 47. The number of hydrogen-bond acceptors (Lipinski definition) is 15. The normalized spacial score (nSPS) is 11.1. The zero-order chi connectivity index (χ0) is 45.0. The lowest BCUT2D eigenvalue weighted by atomic mass is 10.1. The van der Waals surface area contributed by atoms with Gasteiger partial charge in [0.2, 0.25) is 0 Å². The van der Waals surface area contributed by atoms with Gasteiger partial charge in [0.1, 0.15) is 23.1 Å². The van der Waals surface area contributed by atoms with E-state index < -0.39 is 0 Å². The van der Waals surface area contributed by atoms with E-state index in [0.29, 0.717) is 194 Å². The van der Waals surface area contributed by atoms with E-state index in [1.807, 2.05) is 0 Å². The molecule has 0 spiro atoms. The van der Waals surface area contributed by atoms with Crippen LogP contribution in [0.2, 0.25) is 0 Å². The van der Waals surface area contributed by atoms with Gasteiger partial charge in [0.25, 0.3) is 5.91 Å². The molecule has 16 nitrogen and oxygen atoms in total. The van der Waals surface area contributed by atoms with Gasteiger partial charge in [0.15, 0.2) is 0 Å². The summed E-state index contributed by atoms with van der Waals surface area (Å²) in [7, 11) is 1.37. The molecule has 358 valence electrons. The molecule has 0 fully saturated rings. The highest BCUT2D eigenvalue weighted by Gasteiger charge is 2.12. The van der Waals surface area contributed by atoms with Crippen molar-refractivity contribution in [2.45, 2.75) is 104 Å². The van der Waals surface area contributed by atoms with E-state index in [1.54, 1.807) is 18.2 Å². The van der Waals surface area contributed by atoms with Crippen LogP contribution < -0.4 is 14.8 Å². The number of carbonyl (C=O) groups excluding carboxylic acids is 4. The molecule has 0 aromatic heterocycles. The van der Waals surface area contributed by atoms with Crippen LogP contribution in [-0.4, -0.2) is 156 Å². The first kappa shape index (κ1) is 56.8. The summed E-state index contributed by atoms with van der Waals surface area (Å²) in [5.74, 6) is 0.724. The van der Waals surface area contributed by atoms with Gasteiger partial charge >= 0.3 is 5.97 Å². The van der Waals surface area contributed by atoms with Gasteiger partial charge < -0.3 is 57.4 Å². The Morgan fingerprint density at radius 3 is 1.21 bits per heavy atom. The molecule has 16 heteroatoms. The number of carbonyl (C=O) groups is 4. The van der Waals surface area contributed by atoms with Crippen molar-refractivity contribution in [2.75, 3.05) is 133 Å². The molecule has 0 bridgehead atoms. The molecule has 0 saturated carbocycles. The van der Waals surface area contributed by atoms with E-state index in [9.17, 15) is 19.2 Å². The number of ether oxygens (including phenoxy) is 11. The number of hydrogen-bond donors (Lipinski definition) is 1. The second-order valence-electron chi connectivity index (χ2n) is 14.4. The second kappa shape index (κ2) is 43.1. The first-order valence-corrected chi connectivity index (χ1v) is 22.8. The Kier molecular flexibility index (Phi) is 39.4. The summed E-state index contributed by atoms with van der Waals surface area (Å²) in [5.41, 5.74) is 0.399. The van der Waals surface area contributed by atoms with Crippen molar-refractivity contribution >= 4 is 23.4 Å². The maximum Gasteiger partial charge on any atom is 0.305 e. The van der Waals surface area contributed by atoms with Gasteiger partial charge in [-0.1, -0.05) is 20.3 Å². The van der Waals surface area contributed by atoms with Crippen molar-refractivity contribution in [3.63, 3.8) is 0 Å². The molecule has 0 aliphatic heterocycles. The zero-order valence-electron chi connectivity index (χ0n) is 38.2. The molecular formula is C46H79NO15. The summed E-state index contributed by atoms with van der Waals surface area (Å²) in [4.78, 5) is 49.2. The number of ketones is 2. The maximum atomic E-state index is 13.1. The Morgan fingerprint density at radius 1 is 0.419 bits per heavy atom. The lowest BCUT2D eigenvalue weighted by molar-refractivity contribution is -0.140. The third kappa shape index (κ3) is 36.3. The number of amides is 1. The Bertz CT molecular complexity index is 1180. The van der Waals surface area contributed by atoms with Crippen LogP contribution in [0.3, 0.4) is 0 Å². The van der Waals surface area contributed by atoms with Crippen molar-refractivity contribution in [3.8, 4) is 11.5 Å².